The molecule has 0 fully saturated rings. The van der Waals surface area contributed by atoms with Gasteiger partial charge in [-0.25, -0.2) is 9.78 Å². The second-order valence-corrected chi connectivity index (χ2v) is 6.59. The number of rotatable bonds is 5. The second-order valence-electron chi connectivity index (χ2n) is 6.59. The van der Waals surface area contributed by atoms with Gasteiger partial charge in [0.15, 0.2) is 0 Å². The molecule has 2 amide bonds. The number of ether oxygens (including phenoxy) is 1. The first kappa shape index (κ1) is 18.3. The first-order valence-corrected chi connectivity index (χ1v) is 7.83. The van der Waals surface area contributed by atoms with Gasteiger partial charge in [0.05, 0.1) is 11.0 Å². The molecule has 0 bridgehead atoms. The van der Waals surface area contributed by atoms with E-state index in [-0.39, 0.29) is 12.1 Å². The SMILES string of the molecule is CC(C)(C)NC(=O)OC/C=C/Cn1c(N)nc2cc(C(N)=O)ccc21. The molecule has 2 aromatic rings. The van der Waals surface area contributed by atoms with Gasteiger partial charge in [0.1, 0.15) is 6.61 Å². The predicted octanol–water partition coefficient (Wildman–Crippen LogP) is 1.80. The maximum absolute atomic E-state index is 11.5. The molecule has 8 nitrogen and oxygen atoms in total. The summed E-state index contributed by atoms with van der Waals surface area (Å²) in [5.74, 6) is -0.187. The molecule has 0 aliphatic heterocycles. The van der Waals surface area contributed by atoms with Crippen LogP contribution in [0.2, 0.25) is 0 Å². The van der Waals surface area contributed by atoms with E-state index in [0.717, 1.165) is 5.52 Å². The van der Waals surface area contributed by atoms with Crippen molar-refractivity contribution >= 4 is 29.0 Å². The summed E-state index contributed by atoms with van der Waals surface area (Å²) in [7, 11) is 0. The highest BCUT2D eigenvalue weighted by molar-refractivity contribution is 5.96. The van der Waals surface area contributed by atoms with Gasteiger partial charge in [0.2, 0.25) is 11.9 Å². The van der Waals surface area contributed by atoms with E-state index in [1.165, 1.54) is 0 Å². The number of allylic oxidation sites excluding steroid dienone is 1. The number of nitrogens with zero attached hydrogens (tertiary/aromatic N) is 2. The van der Waals surface area contributed by atoms with Crippen LogP contribution in [0.1, 0.15) is 31.1 Å². The highest BCUT2D eigenvalue weighted by Crippen LogP contribution is 2.19. The lowest BCUT2D eigenvalue weighted by Gasteiger charge is -2.19. The maximum Gasteiger partial charge on any atom is 0.407 e. The summed E-state index contributed by atoms with van der Waals surface area (Å²) in [6.45, 7) is 6.24. The van der Waals surface area contributed by atoms with Crippen molar-refractivity contribution in [3.63, 3.8) is 0 Å². The molecule has 134 valence electrons. The Labute approximate surface area is 145 Å². The van der Waals surface area contributed by atoms with E-state index in [9.17, 15) is 9.59 Å². The first-order chi connectivity index (χ1) is 11.7. The Hall–Kier alpha value is -3.03. The maximum atomic E-state index is 11.5. The van der Waals surface area contributed by atoms with Crippen molar-refractivity contribution in [3.05, 3.63) is 35.9 Å². The van der Waals surface area contributed by atoms with E-state index >= 15 is 0 Å². The number of aromatic nitrogens is 2. The van der Waals surface area contributed by atoms with Crippen LogP contribution in [0.15, 0.2) is 30.4 Å². The molecule has 0 atom stereocenters. The van der Waals surface area contributed by atoms with Gasteiger partial charge in [-0.3, -0.25) is 4.79 Å². The van der Waals surface area contributed by atoms with Crippen LogP contribution in [0.5, 0.6) is 0 Å². The molecule has 25 heavy (non-hydrogen) atoms. The van der Waals surface area contributed by atoms with Crippen molar-refractivity contribution in [1.82, 2.24) is 14.9 Å². The lowest BCUT2D eigenvalue weighted by molar-refractivity contribution is 0.1000. The molecule has 0 aliphatic carbocycles. The summed E-state index contributed by atoms with van der Waals surface area (Å²) < 4.78 is 6.84. The summed E-state index contributed by atoms with van der Waals surface area (Å²) in [6.07, 6.45) is 3.08. The fraction of sp³-hybridized carbons (Fsp3) is 0.353. The smallest absolute Gasteiger partial charge is 0.407 e. The zero-order valence-electron chi connectivity index (χ0n) is 14.6. The molecule has 2 rings (SSSR count). The average Bonchev–Trinajstić information content (AvgIpc) is 2.80. The molecule has 0 unspecified atom stereocenters. The van der Waals surface area contributed by atoms with Gasteiger partial charge >= 0.3 is 6.09 Å². The normalized spacial score (nSPS) is 11.8. The van der Waals surface area contributed by atoms with E-state index in [0.29, 0.717) is 23.6 Å². The topological polar surface area (TPSA) is 125 Å². The monoisotopic (exact) mass is 345 g/mol. The molecule has 0 saturated heterocycles. The number of alkyl carbamates (subject to hydrolysis) is 1. The zero-order chi connectivity index (χ0) is 18.6. The molecule has 8 heteroatoms. The molecule has 0 saturated carbocycles. The van der Waals surface area contributed by atoms with Crippen molar-refractivity contribution < 1.29 is 14.3 Å². The summed E-state index contributed by atoms with van der Waals surface area (Å²) in [6, 6.07) is 4.99. The Morgan fingerprint density at radius 2 is 2.04 bits per heavy atom. The van der Waals surface area contributed by atoms with E-state index in [4.69, 9.17) is 16.2 Å². The predicted molar refractivity (Wildman–Crippen MR) is 96.0 cm³/mol. The molecule has 0 spiro atoms. The Bertz CT molecular complexity index is 818. The number of nitrogens with one attached hydrogen (secondary N) is 1. The van der Waals surface area contributed by atoms with Crippen LogP contribution in [0, 0.1) is 0 Å². The quantitative estimate of drug-likeness (QED) is 0.712. The highest BCUT2D eigenvalue weighted by atomic mass is 16.5. The van der Waals surface area contributed by atoms with Crippen molar-refractivity contribution in [2.75, 3.05) is 12.3 Å². The van der Waals surface area contributed by atoms with Crippen molar-refractivity contribution in [2.24, 2.45) is 5.73 Å². The number of hydrogen-bond donors (Lipinski definition) is 3. The minimum atomic E-state index is -0.513. The molecule has 5 N–H and O–H groups in total. The Balaban J connectivity index is 1.98. The Morgan fingerprint density at radius 3 is 2.68 bits per heavy atom. The van der Waals surface area contributed by atoms with Crippen LogP contribution in [-0.4, -0.2) is 33.7 Å². The van der Waals surface area contributed by atoms with Crippen molar-refractivity contribution in [1.29, 1.82) is 0 Å². The van der Waals surface area contributed by atoms with E-state index in [1.807, 2.05) is 26.8 Å². The van der Waals surface area contributed by atoms with E-state index < -0.39 is 12.0 Å². The highest BCUT2D eigenvalue weighted by Gasteiger charge is 2.14. The standard InChI is InChI=1S/C17H23N5O3/c1-17(2,3)21-16(24)25-9-5-4-8-22-13-7-6-11(14(18)23)10-12(13)20-15(22)19/h4-7,10H,8-9H2,1-3H3,(H2,18,23)(H2,19,20)(H,21,24)/b5-4+. The van der Waals surface area contributed by atoms with Gasteiger partial charge in [0.25, 0.3) is 0 Å². The number of amides is 2. The molecule has 0 radical (unpaired) electrons. The fourth-order valence-corrected chi connectivity index (χ4v) is 2.21. The van der Waals surface area contributed by atoms with Crippen LogP contribution in [-0.2, 0) is 11.3 Å². The van der Waals surface area contributed by atoms with Crippen LogP contribution < -0.4 is 16.8 Å². The van der Waals surface area contributed by atoms with Gasteiger partial charge in [-0.1, -0.05) is 6.08 Å². The number of imidazole rings is 1. The number of carbonyl (C=O) groups excluding carboxylic acids is 2. The summed E-state index contributed by atoms with van der Waals surface area (Å²) in [5.41, 5.74) is 12.6. The van der Waals surface area contributed by atoms with Crippen molar-refractivity contribution in [2.45, 2.75) is 32.9 Å². The van der Waals surface area contributed by atoms with E-state index in [2.05, 4.69) is 10.3 Å². The largest absolute Gasteiger partial charge is 0.445 e. The number of hydrogen-bond acceptors (Lipinski definition) is 5. The average molecular weight is 345 g/mol. The number of nitrogens with two attached hydrogens (primary N) is 2. The summed E-state index contributed by atoms with van der Waals surface area (Å²) in [4.78, 5) is 27.0. The number of nitrogen functional groups attached to an aromatic ring is 1. The van der Waals surface area contributed by atoms with E-state index in [1.54, 1.807) is 28.8 Å². The first-order valence-electron chi connectivity index (χ1n) is 7.83. The second kappa shape index (κ2) is 7.25. The zero-order valence-corrected chi connectivity index (χ0v) is 14.6. The number of anilines is 1. The van der Waals surface area contributed by atoms with Crippen molar-refractivity contribution in [3.8, 4) is 0 Å². The molecule has 1 aromatic carbocycles. The molecule has 1 heterocycles. The van der Waals surface area contributed by atoms with Crippen LogP contribution in [0.4, 0.5) is 10.7 Å². The number of carbonyl (C=O) groups is 2. The minimum Gasteiger partial charge on any atom is -0.445 e. The van der Waals surface area contributed by atoms with Gasteiger partial charge in [-0.2, -0.15) is 0 Å². The molecular formula is C17H23N5O3. The number of primary amides is 1. The number of benzene rings is 1. The van der Waals surface area contributed by atoms with Crippen LogP contribution in [0.25, 0.3) is 11.0 Å². The third-order valence-corrected chi connectivity index (χ3v) is 3.30. The number of fused-ring (bicyclic) bond motifs is 1. The third-order valence-electron chi connectivity index (χ3n) is 3.30. The Kier molecular flexibility index (Phi) is 5.31. The lowest BCUT2D eigenvalue weighted by atomic mass is 10.1. The van der Waals surface area contributed by atoms with Crippen LogP contribution in [0.3, 0.4) is 0 Å². The fourth-order valence-electron chi connectivity index (χ4n) is 2.21. The van der Waals surface area contributed by atoms with Crippen LogP contribution >= 0.6 is 0 Å². The minimum absolute atomic E-state index is 0.153. The summed E-state index contributed by atoms with van der Waals surface area (Å²) >= 11 is 0. The molecule has 1 aromatic heterocycles. The van der Waals surface area contributed by atoms with Gasteiger partial charge in [-0.15, -0.1) is 0 Å². The Morgan fingerprint density at radius 1 is 1.32 bits per heavy atom. The third kappa shape index (κ3) is 4.97. The molecular weight excluding hydrogens is 322 g/mol. The van der Waals surface area contributed by atoms with Gasteiger partial charge < -0.3 is 26.1 Å². The van der Waals surface area contributed by atoms with Gasteiger partial charge in [0, 0.05) is 17.6 Å². The van der Waals surface area contributed by atoms with Gasteiger partial charge in [-0.05, 0) is 45.0 Å². The lowest BCUT2D eigenvalue weighted by Crippen LogP contribution is -2.40. The summed E-state index contributed by atoms with van der Waals surface area (Å²) in [5, 5.41) is 2.70. The molecule has 0 aliphatic rings.